The molecule has 1 aromatic carbocycles. The lowest BCUT2D eigenvalue weighted by Gasteiger charge is -2.18. The molecule has 3 unspecified atom stereocenters. The first-order valence-corrected chi connectivity index (χ1v) is 7.79. The number of benzene rings is 1. The molecule has 104 valence electrons. The van der Waals surface area contributed by atoms with Crippen molar-refractivity contribution in [3.63, 3.8) is 0 Å². The number of hydrogen-bond donors (Lipinski definition) is 1. The summed E-state index contributed by atoms with van der Waals surface area (Å²) < 4.78 is 12.6. The van der Waals surface area contributed by atoms with Crippen LogP contribution in [0.1, 0.15) is 38.2 Å². The van der Waals surface area contributed by atoms with Gasteiger partial charge in [-0.05, 0) is 53.9 Å². The average Bonchev–Trinajstić information content (AvgIpc) is 2.59. The van der Waals surface area contributed by atoms with E-state index in [4.69, 9.17) is 9.47 Å². The van der Waals surface area contributed by atoms with Crippen LogP contribution in [0.4, 0.5) is 0 Å². The summed E-state index contributed by atoms with van der Waals surface area (Å²) in [6.45, 7) is 5.96. The number of rotatable bonds is 1. The third kappa shape index (κ3) is 2.61. The van der Waals surface area contributed by atoms with Crippen LogP contribution >= 0.6 is 15.9 Å². The Morgan fingerprint density at radius 1 is 1.21 bits per heavy atom. The van der Waals surface area contributed by atoms with E-state index in [2.05, 4.69) is 47.2 Å². The molecule has 0 aromatic heterocycles. The molecule has 0 aliphatic carbocycles. The Balaban J connectivity index is 1.95. The first-order valence-electron chi connectivity index (χ1n) is 7.00. The zero-order valence-electron chi connectivity index (χ0n) is 11.4. The van der Waals surface area contributed by atoms with Crippen molar-refractivity contribution in [2.45, 2.75) is 44.7 Å². The van der Waals surface area contributed by atoms with Crippen molar-refractivity contribution < 1.29 is 9.47 Å². The van der Waals surface area contributed by atoms with Crippen molar-refractivity contribution in [1.29, 1.82) is 0 Å². The quantitative estimate of drug-likeness (QED) is 0.857. The van der Waals surface area contributed by atoms with Gasteiger partial charge in [0, 0.05) is 24.4 Å². The van der Waals surface area contributed by atoms with E-state index in [0.717, 1.165) is 35.6 Å². The van der Waals surface area contributed by atoms with E-state index in [9.17, 15) is 0 Å². The number of ether oxygens (including phenoxy) is 2. The lowest BCUT2D eigenvalue weighted by atomic mass is 9.91. The fourth-order valence-corrected chi connectivity index (χ4v) is 3.68. The lowest BCUT2D eigenvalue weighted by molar-refractivity contribution is 0.296. The van der Waals surface area contributed by atoms with Gasteiger partial charge in [0.15, 0.2) is 11.5 Å². The zero-order chi connectivity index (χ0) is 13.4. The molecule has 0 radical (unpaired) electrons. The molecule has 2 heterocycles. The van der Waals surface area contributed by atoms with Gasteiger partial charge in [-0.1, -0.05) is 0 Å². The van der Waals surface area contributed by atoms with Gasteiger partial charge in [0.2, 0.25) is 0 Å². The molecule has 1 saturated heterocycles. The second-order valence-corrected chi connectivity index (χ2v) is 6.43. The van der Waals surface area contributed by atoms with Crippen molar-refractivity contribution in [2.24, 2.45) is 0 Å². The molecule has 1 fully saturated rings. The minimum atomic E-state index is 0.506. The maximum atomic E-state index is 5.82. The highest BCUT2D eigenvalue weighted by Gasteiger charge is 2.30. The first kappa shape index (κ1) is 13.3. The van der Waals surface area contributed by atoms with Crippen LogP contribution in [-0.4, -0.2) is 25.3 Å². The maximum Gasteiger partial charge on any atom is 0.175 e. The number of hydrogen-bond acceptors (Lipinski definition) is 3. The van der Waals surface area contributed by atoms with Gasteiger partial charge < -0.3 is 14.8 Å². The summed E-state index contributed by atoms with van der Waals surface area (Å²) in [5.41, 5.74) is 1.33. The Labute approximate surface area is 122 Å². The van der Waals surface area contributed by atoms with Gasteiger partial charge in [-0.2, -0.15) is 0 Å². The van der Waals surface area contributed by atoms with Crippen molar-refractivity contribution in [1.82, 2.24) is 5.32 Å². The first-order chi connectivity index (χ1) is 9.15. The Kier molecular flexibility index (Phi) is 3.72. The molecule has 3 nitrogen and oxygen atoms in total. The van der Waals surface area contributed by atoms with Gasteiger partial charge in [-0.3, -0.25) is 0 Å². The smallest absolute Gasteiger partial charge is 0.175 e. The van der Waals surface area contributed by atoms with Gasteiger partial charge in [0.05, 0.1) is 17.7 Å². The molecule has 0 amide bonds. The molecule has 0 spiro atoms. The number of nitrogens with one attached hydrogen (secondary N) is 1. The van der Waals surface area contributed by atoms with E-state index >= 15 is 0 Å². The molecule has 2 aliphatic rings. The highest BCUT2D eigenvalue weighted by molar-refractivity contribution is 9.10. The third-order valence-corrected chi connectivity index (χ3v) is 4.60. The second kappa shape index (κ2) is 5.33. The van der Waals surface area contributed by atoms with Gasteiger partial charge in [-0.15, -0.1) is 0 Å². The van der Waals surface area contributed by atoms with E-state index in [-0.39, 0.29) is 0 Å². The van der Waals surface area contributed by atoms with Crippen LogP contribution in [0.3, 0.4) is 0 Å². The predicted molar refractivity (Wildman–Crippen MR) is 79.2 cm³/mol. The predicted octanol–water partition coefficient (Wildman–Crippen LogP) is 3.46. The molecule has 2 aliphatic heterocycles. The monoisotopic (exact) mass is 325 g/mol. The molecule has 0 bridgehead atoms. The third-order valence-electron chi connectivity index (χ3n) is 4.01. The van der Waals surface area contributed by atoms with Crippen LogP contribution in [0.5, 0.6) is 11.5 Å². The average molecular weight is 326 g/mol. The summed E-state index contributed by atoms with van der Waals surface area (Å²) in [7, 11) is 0. The van der Waals surface area contributed by atoms with E-state index in [0.29, 0.717) is 18.0 Å². The maximum absolute atomic E-state index is 5.82. The number of halogens is 1. The van der Waals surface area contributed by atoms with Crippen LogP contribution in [0, 0.1) is 0 Å². The van der Waals surface area contributed by atoms with Crippen molar-refractivity contribution in [3.05, 3.63) is 22.2 Å². The Bertz CT molecular complexity index is 477. The normalized spacial score (nSPS) is 30.2. The molecule has 3 atom stereocenters. The van der Waals surface area contributed by atoms with Crippen LogP contribution in [0.15, 0.2) is 16.6 Å². The molecule has 1 N–H and O–H groups in total. The summed E-state index contributed by atoms with van der Waals surface area (Å²) >= 11 is 3.62. The SMILES string of the molecule is CC1CC(c2cc(Br)c3c(c2)OCCCO3)C(C)N1. The molecule has 0 saturated carbocycles. The molecular weight excluding hydrogens is 306 g/mol. The summed E-state index contributed by atoms with van der Waals surface area (Å²) in [5.74, 6) is 2.28. The van der Waals surface area contributed by atoms with Gasteiger partial charge in [0.1, 0.15) is 0 Å². The fourth-order valence-electron chi connectivity index (χ4n) is 3.11. The second-order valence-electron chi connectivity index (χ2n) is 5.58. The van der Waals surface area contributed by atoms with Gasteiger partial charge in [0.25, 0.3) is 0 Å². The Morgan fingerprint density at radius 2 is 2.00 bits per heavy atom. The van der Waals surface area contributed by atoms with Crippen LogP contribution in [0.2, 0.25) is 0 Å². The van der Waals surface area contributed by atoms with E-state index in [1.54, 1.807) is 0 Å². The number of fused-ring (bicyclic) bond motifs is 1. The molecule has 3 rings (SSSR count). The molecule has 1 aromatic rings. The lowest BCUT2D eigenvalue weighted by Crippen LogP contribution is -2.26. The fraction of sp³-hybridized carbons (Fsp3) is 0.600. The van der Waals surface area contributed by atoms with Crippen molar-refractivity contribution >= 4 is 15.9 Å². The van der Waals surface area contributed by atoms with Crippen molar-refractivity contribution in [2.75, 3.05) is 13.2 Å². The standard InChI is InChI=1S/C15H20BrNO2/c1-9-6-12(10(2)17-9)11-7-13(16)15-14(8-11)18-4-3-5-19-15/h7-10,12,17H,3-6H2,1-2H3. The van der Waals surface area contributed by atoms with Gasteiger partial charge >= 0.3 is 0 Å². The molecule has 19 heavy (non-hydrogen) atoms. The van der Waals surface area contributed by atoms with Crippen LogP contribution < -0.4 is 14.8 Å². The van der Waals surface area contributed by atoms with E-state index in [1.807, 2.05) is 0 Å². The molecular formula is C15H20BrNO2. The summed E-state index contributed by atoms with van der Waals surface area (Å²) in [6, 6.07) is 5.43. The Morgan fingerprint density at radius 3 is 2.74 bits per heavy atom. The van der Waals surface area contributed by atoms with Gasteiger partial charge in [-0.25, -0.2) is 0 Å². The summed E-state index contributed by atoms with van der Waals surface area (Å²) in [6.07, 6.45) is 2.11. The van der Waals surface area contributed by atoms with E-state index in [1.165, 1.54) is 12.0 Å². The zero-order valence-corrected chi connectivity index (χ0v) is 13.0. The van der Waals surface area contributed by atoms with Crippen LogP contribution in [-0.2, 0) is 0 Å². The minimum Gasteiger partial charge on any atom is -0.490 e. The van der Waals surface area contributed by atoms with Crippen molar-refractivity contribution in [3.8, 4) is 11.5 Å². The molecule has 4 heteroatoms. The minimum absolute atomic E-state index is 0.506. The largest absolute Gasteiger partial charge is 0.490 e. The topological polar surface area (TPSA) is 30.5 Å². The highest BCUT2D eigenvalue weighted by atomic mass is 79.9. The Hall–Kier alpha value is -0.740. The highest BCUT2D eigenvalue weighted by Crippen LogP contribution is 2.42. The van der Waals surface area contributed by atoms with E-state index < -0.39 is 0 Å². The van der Waals surface area contributed by atoms with Crippen LogP contribution in [0.25, 0.3) is 0 Å². The summed E-state index contributed by atoms with van der Waals surface area (Å²) in [4.78, 5) is 0. The summed E-state index contributed by atoms with van der Waals surface area (Å²) in [5, 5.41) is 3.59.